The first-order valence-electron chi connectivity index (χ1n) is 6.82. The van der Waals surface area contributed by atoms with Gasteiger partial charge in [0.05, 0.1) is 10.3 Å². The highest BCUT2D eigenvalue weighted by atomic mass is 32.2. The van der Waals surface area contributed by atoms with Gasteiger partial charge in [0.25, 0.3) is 11.2 Å². The van der Waals surface area contributed by atoms with Crippen LogP contribution in [0.3, 0.4) is 0 Å². The number of hydrogen-bond acceptors (Lipinski definition) is 6. The summed E-state index contributed by atoms with van der Waals surface area (Å²) in [5, 5.41) is 13.9. The highest BCUT2D eigenvalue weighted by molar-refractivity contribution is 7.99. The molecule has 0 aliphatic carbocycles. The van der Waals surface area contributed by atoms with Crippen LogP contribution in [0, 0.1) is 10.1 Å². The zero-order valence-electron chi connectivity index (χ0n) is 12.4. The highest BCUT2D eigenvalue weighted by Crippen LogP contribution is 2.35. The first-order valence-corrected chi connectivity index (χ1v) is 8.58. The van der Waals surface area contributed by atoms with Gasteiger partial charge in [-0.3, -0.25) is 19.5 Å². The van der Waals surface area contributed by atoms with Crippen molar-refractivity contribution in [1.82, 2.24) is 9.55 Å². The maximum atomic E-state index is 12.3. The van der Waals surface area contributed by atoms with E-state index in [9.17, 15) is 14.9 Å². The van der Waals surface area contributed by atoms with E-state index in [1.807, 2.05) is 18.4 Å². The van der Waals surface area contributed by atoms with Crippen LogP contribution in [0.25, 0.3) is 10.2 Å². The number of thioether (sulfide) groups is 1. The molecular weight excluding hydrogens is 334 g/mol. The van der Waals surface area contributed by atoms with Gasteiger partial charge in [-0.05, 0) is 23.9 Å². The molecule has 0 spiro atoms. The van der Waals surface area contributed by atoms with Crippen LogP contribution >= 0.6 is 23.1 Å². The Morgan fingerprint density at radius 1 is 1.39 bits per heavy atom. The van der Waals surface area contributed by atoms with Gasteiger partial charge in [0.15, 0.2) is 5.16 Å². The fourth-order valence-electron chi connectivity index (χ4n) is 2.20. The number of rotatable bonds is 4. The van der Waals surface area contributed by atoms with E-state index in [-0.39, 0.29) is 16.5 Å². The summed E-state index contributed by atoms with van der Waals surface area (Å²) in [6.07, 6.45) is 0. The molecule has 0 saturated carbocycles. The molecule has 0 N–H and O–H groups in total. The van der Waals surface area contributed by atoms with Crippen molar-refractivity contribution in [3.05, 3.63) is 61.7 Å². The third kappa shape index (κ3) is 2.99. The van der Waals surface area contributed by atoms with E-state index in [1.165, 1.54) is 33.7 Å². The second kappa shape index (κ2) is 6.13. The summed E-state index contributed by atoms with van der Waals surface area (Å²) in [5.74, 6) is 0. The van der Waals surface area contributed by atoms with Gasteiger partial charge < -0.3 is 0 Å². The van der Waals surface area contributed by atoms with E-state index in [2.05, 4.69) is 4.98 Å². The number of hydrogen-bond donors (Lipinski definition) is 0. The van der Waals surface area contributed by atoms with Crippen molar-refractivity contribution in [2.75, 3.05) is 0 Å². The van der Waals surface area contributed by atoms with Crippen molar-refractivity contribution >= 4 is 39.0 Å². The van der Waals surface area contributed by atoms with Crippen LogP contribution in [0.15, 0.2) is 45.7 Å². The normalized spacial score (nSPS) is 12.4. The summed E-state index contributed by atoms with van der Waals surface area (Å²) in [6, 6.07) is 8.30. The minimum Gasteiger partial charge on any atom is -0.290 e. The zero-order chi connectivity index (χ0) is 16.6. The van der Waals surface area contributed by atoms with Crippen LogP contribution < -0.4 is 5.56 Å². The van der Waals surface area contributed by atoms with Gasteiger partial charge in [0.2, 0.25) is 0 Å². The molecule has 23 heavy (non-hydrogen) atoms. The molecule has 118 valence electrons. The van der Waals surface area contributed by atoms with Crippen molar-refractivity contribution in [2.24, 2.45) is 7.05 Å². The molecule has 2 heterocycles. The lowest BCUT2D eigenvalue weighted by atomic mass is 10.1. The molecule has 0 fully saturated rings. The molecule has 8 heteroatoms. The van der Waals surface area contributed by atoms with E-state index < -0.39 is 4.92 Å². The average Bonchev–Trinajstić information content (AvgIpc) is 3.00. The molecular formula is C15H13N3O3S2. The third-order valence-electron chi connectivity index (χ3n) is 3.50. The van der Waals surface area contributed by atoms with Crippen LogP contribution in [0.1, 0.15) is 17.7 Å². The number of non-ortho nitro benzene ring substituents is 1. The van der Waals surface area contributed by atoms with Crippen LogP contribution in [-0.2, 0) is 7.05 Å². The van der Waals surface area contributed by atoms with Gasteiger partial charge in [-0.15, -0.1) is 11.3 Å². The fraction of sp³-hybridized carbons (Fsp3) is 0.200. The zero-order valence-corrected chi connectivity index (χ0v) is 14.1. The lowest BCUT2D eigenvalue weighted by Gasteiger charge is -2.13. The number of fused-ring (bicyclic) bond motifs is 1. The van der Waals surface area contributed by atoms with E-state index in [0.717, 1.165) is 5.56 Å². The monoisotopic (exact) mass is 347 g/mol. The molecule has 3 rings (SSSR count). The molecule has 0 aliphatic rings. The predicted molar refractivity (Wildman–Crippen MR) is 92.2 cm³/mol. The first kappa shape index (κ1) is 15.7. The molecule has 1 atom stereocenters. The van der Waals surface area contributed by atoms with Crippen LogP contribution in [0.5, 0.6) is 0 Å². The van der Waals surface area contributed by atoms with Crippen LogP contribution in [-0.4, -0.2) is 14.5 Å². The number of thiophene rings is 1. The standard InChI is InChI=1S/C15H13N3O3S2/c1-9(10-4-3-5-11(8-10)18(20)21)23-15-16-13-12(6-7-22-13)14(19)17(15)2/h3-9H,1-2H3. The summed E-state index contributed by atoms with van der Waals surface area (Å²) in [6.45, 7) is 1.94. The summed E-state index contributed by atoms with van der Waals surface area (Å²) < 4.78 is 1.52. The maximum Gasteiger partial charge on any atom is 0.269 e. The van der Waals surface area contributed by atoms with E-state index in [1.54, 1.807) is 25.2 Å². The Morgan fingerprint density at radius 3 is 2.91 bits per heavy atom. The summed E-state index contributed by atoms with van der Waals surface area (Å²) in [7, 11) is 1.69. The molecule has 0 saturated heterocycles. The van der Waals surface area contributed by atoms with Crippen LogP contribution in [0.4, 0.5) is 5.69 Å². The minimum atomic E-state index is -0.410. The molecule has 1 aromatic carbocycles. The Morgan fingerprint density at radius 2 is 2.17 bits per heavy atom. The van der Waals surface area contributed by atoms with E-state index in [0.29, 0.717) is 15.4 Å². The van der Waals surface area contributed by atoms with E-state index >= 15 is 0 Å². The SMILES string of the molecule is CC(Sc1nc2sccc2c(=O)n1C)c1cccc([N+](=O)[O-])c1. The molecule has 0 bridgehead atoms. The maximum absolute atomic E-state index is 12.3. The predicted octanol–water partition coefficient (Wildman–Crippen LogP) is 3.76. The van der Waals surface area contributed by atoms with Crippen molar-refractivity contribution in [3.63, 3.8) is 0 Å². The Labute approximate surface area is 139 Å². The number of benzene rings is 1. The third-order valence-corrected chi connectivity index (χ3v) is 5.50. The number of nitro groups is 1. The number of nitrogens with zero attached hydrogens (tertiary/aromatic N) is 3. The van der Waals surface area contributed by atoms with Crippen molar-refractivity contribution in [1.29, 1.82) is 0 Å². The first-order chi connectivity index (χ1) is 11.0. The largest absolute Gasteiger partial charge is 0.290 e. The Bertz CT molecular complexity index is 949. The molecule has 0 amide bonds. The fourth-order valence-corrected chi connectivity index (χ4v) is 4.00. The second-order valence-corrected chi connectivity index (χ2v) is 7.21. The molecule has 3 aromatic rings. The average molecular weight is 347 g/mol. The van der Waals surface area contributed by atoms with E-state index in [4.69, 9.17) is 0 Å². The lowest BCUT2D eigenvalue weighted by Crippen LogP contribution is -2.19. The van der Waals surface area contributed by atoms with Crippen molar-refractivity contribution in [2.45, 2.75) is 17.3 Å². The lowest BCUT2D eigenvalue weighted by molar-refractivity contribution is -0.384. The molecule has 0 aliphatic heterocycles. The van der Waals surface area contributed by atoms with Crippen LogP contribution in [0.2, 0.25) is 0 Å². The quantitative estimate of drug-likeness (QED) is 0.311. The van der Waals surface area contributed by atoms with Gasteiger partial charge in [-0.25, -0.2) is 4.98 Å². The smallest absolute Gasteiger partial charge is 0.269 e. The van der Waals surface area contributed by atoms with Gasteiger partial charge in [-0.1, -0.05) is 23.9 Å². The number of nitro benzene ring substituents is 1. The Balaban J connectivity index is 1.95. The number of aromatic nitrogens is 2. The summed E-state index contributed by atoms with van der Waals surface area (Å²) in [4.78, 5) is 28.0. The highest BCUT2D eigenvalue weighted by Gasteiger charge is 2.16. The second-order valence-electron chi connectivity index (χ2n) is 5.01. The van der Waals surface area contributed by atoms with Gasteiger partial charge >= 0.3 is 0 Å². The van der Waals surface area contributed by atoms with Gasteiger partial charge in [0, 0.05) is 24.4 Å². The minimum absolute atomic E-state index is 0.0607. The van der Waals surface area contributed by atoms with Gasteiger partial charge in [-0.2, -0.15) is 0 Å². The molecule has 1 unspecified atom stereocenters. The Hall–Kier alpha value is -2.19. The molecule has 6 nitrogen and oxygen atoms in total. The molecule has 0 radical (unpaired) electrons. The summed E-state index contributed by atoms with van der Waals surface area (Å²) >= 11 is 2.84. The van der Waals surface area contributed by atoms with Crippen molar-refractivity contribution < 1.29 is 4.92 Å². The molecule has 2 aromatic heterocycles. The van der Waals surface area contributed by atoms with Crippen molar-refractivity contribution in [3.8, 4) is 0 Å². The Kier molecular flexibility index (Phi) is 4.18. The topological polar surface area (TPSA) is 78.0 Å². The van der Waals surface area contributed by atoms with Gasteiger partial charge in [0.1, 0.15) is 4.83 Å². The summed E-state index contributed by atoms with van der Waals surface area (Å²) in [5.41, 5.74) is 0.806.